The molecule has 4 aromatic rings. The largest absolute Gasteiger partial charge is 0.372 e. The maximum Gasteiger partial charge on any atom is 0.255 e. The van der Waals surface area contributed by atoms with Gasteiger partial charge in [-0.2, -0.15) is 0 Å². The van der Waals surface area contributed by atoms with Crippen molar-refractivity contribution >= 4 is 41.2 Å². The van der Waals surface area contributed by atoms with Crippen LogP contribution in [0, 0.1) is 0 Å². The molecular formula is C33H32N4O3S. The number of aromatic nitrogens is 1. The zero-order valence-electron chi connectivity index (χ0n) is 22.7. The Morgan fingerprint density at radius 1 is 0.902 bits per heavy atom. The molecule has 0 spiro atoms. The second-order valence-corrected chi connectivity index (χ2v) is 11.1. The van der Waals surface area contributed by atoms with Crippen molar-refractivity contribution in [2.24, 2.45) is 5.73 Å². The first kappa shape index (κ1) is 28.1. The van der Waals surface area contributed by atoms with Crippen LogP contribution in [0.3, 0.4) is 0 Å². The second kappa shape index (κ2) is 13.3. The van der Waals surface area contributed by atoms with Gasteiger partial charge in [0.2, 0.25) is 5.91 Å². The van der Waals surface area contributed by atoms with E-state index < -0.39 is 5.91 Å². The van der Waals surface area contributed by atoms with E-state index in [1.807, 2.05) is 60.7 Å². The number of anilines is 2. The number of rotatable bonds is 10. The standard InChI is InChI=1S/C33H32N4O3S/c34-32(39)25-12-14-35-31(20-25)29-21-27(37-15-2-1-3-16-37)10-11-30(29)36-33(40)26-8-4-7-24(18-26)22-41-28-9-5-6-23(19-28)13-17-38/h4-12,14,17-21H,1-3,13,15-16,22H2,(H2,34,39)(H,36,40). The van der Waals surface area contributed by atoms with Crippen molar-refractivity contribution < 1.29 is 14.4 Å². The van der Waals surface area contributed by atoms with Gasteiger partial charge in [-0.05, 0) is 85.0 Å². The average molecular weight is 565 g/mol. The van der Waals surface area contributed by atoms with E-state index in [2.05, 4.69) is 15.2 Å². The van der Waals surface area contributed by atoms with E-state index in [1.54, 1.807) is 36.2 Å². The van der Waals surface area contributed by atoms with Gasteiger partial charge in [-0.25, -0.2) is 0 Å². The molecule has 2 amide bonds. The number of thioether (sulfide) groups is 1. The molecule has 5 rings (SSSR count). The summed E-state index contributed by atoms with van der Waals surface area (Å²) in [5.74, 6) is -0.0786. The molecule has 3 aromatic carbocycles. The lowest BCUT2D eigenvalue weighted by atomic mass is 10.0. The van der Waals surface area contributed by atoms with Gasteiger partial charge in [0.15, 0.2) is 0 Å². The summed E-state index contributed by atoms with van der Waals surface area (Å²) in [5.41, 5.74) is 11.4. The topological polar surface area (TPSA) is 105 Å². The van der Waals surface area contributed by atoms with Gasteiger partial charge in [0, 0.05) is 58.7 Å². The first-order chi connectivity index (χ1) is 20.0. The Bertz CT molecular complexity index is 1570. The number of hydrogen-bond acceptors (Lipinski definition) is 6. The summed E-state index contributed by atoms with van der Waals surface area (Å²) in [7, 11) is 0. The lowest BCUT2D eigenvalue weighted by Gasteiger charge is -2.29. The Hall–Kier alpha value is -4.43. The second-order valence-electron chi connectivity index (χ2n) is 10.0. The van der Waals surface area contributed by atoms with Gasteiger partial charge in [-0.15, -0.1) is 11.8 Å². The number of nitrogens with one attached hydrogen (secondary N) is 1. The minimum absolute atomic E-state index is 0.233. The number of primary amides is 1. The number of amides is 2. The van der Waals surface area contributed by atoms with E-state index in [9.17, 15) is 14.4 Å². The molecule has 208 valence electrons. The van der Waals surface area contributed by atoms with Crippen molar-refractivity contribution in [2.75, 3.05) is 23.3 Å². The van der Waals surface area contributed by atoms with Gasteiger partial charge in [0.1, 0.15) is 6.29 Å². The third-order valence-corrected chi connectivity index (χ3v) is 8.17. The van der Waals surface area contributed by atoms with E-state index >= 15 is 0 Å². The number of aldehydes is 1. The van der Waals surface area contributed by atoms with Gasteiger partial charge in [0.25, 0.3) is 5.91 Å². The van der Waals surface area contributed by atoms with Crippen LogP contribution in [0.4, 0.5) is 11.4 Å². The number of nitrogens with zero attached hydrogens (tertiary/aromatic N) is 2. The van der Waals surface area contributed by atoms with Crippen LogP contribution < -0.4 is 16.0 Å². The quantitative estimate of drug-likeness (QED) is 0.178. The molecule has 0 aliphatic carbocycles. The molecule has 41 heavy (non-hydrogen) atoms. The highest BCUT2D eigenvalue weighted by molar-refractivity contribution is 7.98. The molecule has 8 heteroatoms. The van der Waals surface area contributed by atoms with E-state index in [-0.39, 0.29) is 5.91 Å². The van der Waals surface area contributed by atoms with Crippen LogP contribution in [0.1, 0.15) is 51.1 Å². The summed E-state index contributed by atoms with van der Waals surface area (Å²) in [6.45, 7) is 1.96. The highest BCUT2D eigenvalue weighted by Crippen LogP contribution is 2.33. The predicted octanol–water partition coefficient (Wildman–Crippen LogP) is 6.12. The van der Waals surface area contributed by atoms with Crippen LogP contribution in [0.5, 0.6) is 0 Å². The van der Waals surface area contributed by atoms with Crippen molar-refractivity contribution in [3.8, 4) is 11.3 Å². The summed E-state index contributed by atoms with van der Waals surface area (Å²) in [5, 5.41) is 3.07. The Labute approximate surface area is 244 Å². The number of nitrogens with two attached hydrogens (primary N) is 1. The molecule has 0 atom stereocenters. The van der Waals surface area contributed by atoms with Crippen LogP contribution in [-0.2, 0) is 17.0 Å². The number of piperidine rings is 1. The monoisotopic (exact) mass is 564 g/mol. The molecular weight excluding hydrogens is 532 g/mol. The highest BCUT2D eigenvalue weighted by Gasteiger charge is 2.17. The fraction of sp³-hybridized carbons (Fsp3) is 0.212. The summed E-state index contributed by atoms with van der Waals surface area (Å²) in [6, 6.07) is 24.7. The van der Waals surface area contributed by atoms with Crippen molar-refractivity contribution in [3.63, 3.8) is 0 Å². The molecule has 7 nitrogen and oxygen atoms in total. The first-order valence-electron chi connectivity index (χ1n) is 13.7. The molecule has 1 aromatic heterocycles. The summed E-state index contributed by atoms with van der Waals surface area (Å²) in [4.78, 5) is 44.1. The molecule has 1 saturated heterocycles. The molecule has 1 aliphatic rings. The number of hydrogen-bond donors (Lipinski definition) is 2. The van der Waals surface area contributed by atoms with Gasteiger partial charge < -0.3 is 20.7 Å². The zero-order chi connectivity index (χ0) is 28.6. The number of benzene rings is 3. The number of pyridine rings is 1. The van der Waals surface area contributed by atoms with Gasteiger partial charge in [-0.1, -0.05) is 24.3 Å². The smallest absolute Gasteiger partial charge is 0.255 e. The van der Waals surface area contributed by atoms with Crippen LogP contribution in [0.2, 0.25) is 0 Å². The molecule has 1 fully saturated rings. The average Bonchev–Trinajstić information content (AvgIpc) is 3.01. The Morgan fingerprint density at radius 2 is 1.71 bits per heavy atom. The fourth-order valence-corrected chi connectivity index (χ4v) is 5.88. The molecule has 2 heterocycles. The summed E-state index contributed by atoms with van der Waals surface area (Å²) < 4.78 is 0. The third kappa shape index (κ3) is 7.21. The molecule has 1 aliphatic heterocycles. The summed E-state index contributed by atoms with van der Waals surface area (Å²) in [6.07, 6.45) is 6.37. The normalized spacial score (nSPS) is 13.0. The van der Waals surface area contributed by atoms with Crippen LogP contribution in [0.25, 0.3) is 11.3 Å². The Morgan fingerprint density at radius 3 is 2.51 bits per heavy atom. The summed E-state index contributed by atoms with van der Waals surface area (Å²) >= 11 is 1.66. The lowest BCUT2D eigenvalue weighted by Crippen LogP contribution is -2.29. The molecule has 3 N–H and O–H groups in total. The van der Waals surface area contributed by atoms with E-state index in [0.29, 0.717) is 34.7 Å². The number of carbonyl (C=O) groups is 3. The maximum absolute atomic E-state index is 13.4. The van der Waals surface area contributed by atoms with Crippen molar-refractivity contribution in [3.05, 3.63) is 107 Å². The van der Waals surface area contributed by atoms with Crippen molar-refractivity contribution in [1.29, 1.82) is 0 Å². The Kier molecular flexibility index (Phi) is 9.11. The zero-order valence-corrected chi connectivity index (χ0v) is 23.5. The third-order valence-electron chi connectivity index (χ3n) is 7.11. The van der Waals surface area contributed by atoms with E-state index in [4.69, 9.17) is 5.73 Å². The first-order valence-corrected chi connectivity index (χ1v) is 14.7. The minimum Gasteiger partial charge on any atom is -0.372 e. The SMILES string of the molecule is NC(=O)c1ccnc(-c2cc(N3CCCCC3)ccc2NC(=O)c2cccc(CSc3cccc(CC=O)c3)c2)c1. The van der Waals surface area contributed by atoms with Crippen LogP contribution >= 0.6 is 11.8 Å². The number of carbonyl (C=O) groups excluding carboxylic acids is 3. The highest BCUT2D eigenvalue weighted by atomic mass is 32.2. The lowest BCUT2D eigenvalue weighted by molar-refractivity contribution is -0.107. The van der Waals surface area contributed by atoms with Gasteiger partial charge >= 0.3 is 0 Å². The van der Waals surface area contributed by atoms with Gasteiger partial charge in [-0.3, -0.25) is 14.6 Å². The molecule has 0 radical (unpaired) electrons. The van der Waals surface area contributed by atoms with E-state index in [0.717, 1.165) is 59.5 Å². The maximum atomic E-state index is 13.4. The van der Waals surface area contributed by atoms with Crippen molar-refractivity contribution in [2.45, 2.75) is 36.3 Å². The minimum atomic E-state index is -0.531. The molecule has 0 bridgehead atoms. The predicted molar refractivity (Wildman–Crippen MR) is 164 cm³/mol. The Balaban J connectivity index is 1.38. The van der Waals surface area contributed by atoms with Crippen molar-refractivity contribution in [1.82, 2.24) is 4.98 Å². The van der Waals surface area contributed by atoms with E-state index in [1.165, 1.54) is 6.42 Å². The van der Waals surface area contributed by atoms with Crippen LogP contribution in [-0.4, -0.2) is 36.2 Å². The molecule has 0 unspecified atom stereocenters. The fourth-order valence-electron chi connectivity index (χ4n) is 4.96. The molecule has 0 saturated carbocycles. The van der Waals surface area contributed by atoms with Crippen LogP contribution in [0.15, 0.2) is 90.0 Å². The van der Waals surface area contributed by atoms with Gasteiger partial charge in [0.05, 0.1) is 11.4 Å².